The Labute approximate surface area is 233 Å². The van der Waals surface area contributed by atoms with Gasteiger partial charge in [-0.2, -0.15) is 5.10 Å². The number of para-hydroxylation sites is 1. The average Bonchev–Trinajstić information content (AvgIpc) is 3.30. The third kappa shape index (κ3) is 5.98. The molecule has 0 bridgehead atoms. The van der Waals surface area contributed by atoms with E-state index in [0.717, 1.165) is 40.4 Å². The molecule has 0 unspecified atom stereocenters. The lowest BCUT2D eigenvalue weighted by atomic mass is 10.0. The summed E-state index contributed by atoms with van der Waals surface area (Å²) in [7, 11) is 0. The molecule has 1 aromatic heterocycles. The molecular weight excluding hydrogens is 521 g/mol. The highest BCUT2D eigenvalue weighted by Gasteiger charge is 2.19. The minimum Gasteiger partial charge on any atom is -0.487 e. The molecule has 4 aromatic rings. The van der Waals surface area contributed by atoms with Crippen LogP contribution in [-0.2, 0) is 13.2 Å². The lowest BCUT2D eigenvalue weighted by molar-refractivity contribution is 0.0697. The SMILES string of the molecule is CCN(Cc1ccc(C(=O)O)cc1)c1ccc(OCc2c(C(C)C)cnn2-c2c(Cl)cccc2Cl)cc1C. The predicted octanol–water partition coefficient (Wildman–Crippen LogP) is 7.91. The van der Waals surface area contributed by atoms with Crippen LogP contribution in [0.3, 0.4) is 0 Å². The number of benzene rings is 3. The zero-order valence-electron chi connectivity index (χ0n) is 21.9. The molecule has 0 saturated heterocycles. The Morgan fingerprint density at radius 1 is 1.08 bits per heavy atom. The third-order valence-corrected chi connectivity index (χ3v) is 7.12. The summed E-state index contributed by atoms with van der Waals surface area (Å²) in [6.07, 6.45) is 1.85. The van der Waals surface area contributed by atoms with E-state index in [2.05, 4.69) is 43.8 Å². The van der Waals surface area contributed by atoms with Crippen molar-refractivity contribution in [2.45, 2.75) is 46.8 Å². The van der Waals surface area contributed by atoms with E-state index in [4.69, 9.17) is 33.0 Å². The van der Waals surface area contributed by atoms with Crippen molar-refractivity contribution in [3.8, 4) is 11.4 Å². The first-order valence-electron chi connectivity index (χ1n) is 12.5. The fraction of sp³-hybridized carbons (Fsp3) is 0.267. The highest BCUT2D eigenvalue weighted by molar-refractivity contribution is 6.37. The van der Waals surface area contributed by atoms with Crippen LogP contribution in [0, 0.1) is 6.92 Å². The first kappa shape index (κ1) is 27.6. The van der Waals surface area contributed by atoms with Gasteiger partial charge in [-0.1, -0.05) is 55.2 Å². The summed E-state index contributed by atoms with van der Waals surface area (Å²) < 4.78 is 8.04. The second-order valence-electron chi connectivity index (χ2n) is 9.44. The van der Waals surface area contributed by atoms with Crippen molar-refractivity contribution in [2.24, 2.45) is 0 Å². The van der Waals surface area contributed by atoms with Crippen LogP contribution >= 0.6 is 23.2 Å². The molecule has 1 heterocycles. The second-order valence-corrected chi connectivity index (χ2v) is 10.3. The summed E-state index contributed by atoms with van der Waals surface area (Å²) in [5.41, 5.74) is 6.12. The molecular formula is C30H31Cl2N3O3. The van der Waals surface area contributed by atoms with Gasteiger partial charge in [-0.25, -0.2) is 9.48 Å². The van der Waals surface area contributed by atoms with Gasteiger partial charge in [0, 0.05) is 18.8 Å². The molecule has 3 aromatic carbocycles. The van der Waals surface area contributed by atoms with Crippen LogP contribution in [0.15, 0.2) is 66.9 Å². The Balaban J connectivity index is 1.54. The first-order chi connectivity index (χ1) is 18.2. The summed E-state index contributed by atoms with van der Waals surface area (Å²) in [5.74, 6) is 0.0742. The van der Waals surface area contributed by atoms with Crippen molar-refractivity contribution in [2.75, 3.05) is 11.4 Å². The number of carbonyl (C=O) groups is 1. The van der Waals surface area contributed by atoms with Crippen molar-refractivity contribution in [3.63, 3.8) is 0 Å². The molecule has 0 aliphatic carbocycles. The first-order valence-corrected chi connectivity index (χ1v) is 13.3. The van der Waals surface area contributed by atoms with Gasteiger partial charge in [0.25, 0.3) is 0 Å². The largest absolute Gasteiger partial charge is 0.487 e. The summed E-state index contributed by atoms with van der Waals surface area (Å²) >= 11 is 13.0. The Kier molecular flexibility index (Phi) is 8.65. The lowest BCUT2D eigenvalue weighted by Crippen LogP contribution is -2.22. The number of aromatic nitrogens is 2. The van der Waals surface area contributed by atoms with Crippen molar-refractivity contribution < 1.29 is 14.6 Å². The molecule has 6 nitrogen and oxygen atoms in total. The smallest absolute Gasteiger partial charge is 0.335 e. The monoisotopic (exact) mass is 551 g/mol. The molecule has 0 aliphatic heterocycles. The summed E-state index contributed by atoms with van der Waals surface area (Å²) in [4.78, 5) is 13.4. The number of hydrogen-bond donors (Lipinski definition) is 1. The normalized spacial score (nSPS) is 11.1. The number of aryl methyl sites for hydroxylation is 1. The van der Waals surface area contributed by atoms with Crippen LogP contribution in [0.2, 0.25) is 10.0 Å². The maximum Gasteiger partial charge on any atom is 0.335 e. The fourth-order valence-electron chi connectivity index (χ4n) is 4.46. The van der Waals surface area contributed by atoms with Crippen molar-refractivity contribution in [1.82, 2.24) is 9.78 Å². The third-order valence-electron chi connectivity index (χ3n) is 6.51. The highest BCUT2D eigenvalue weighted by atomic mass is 35.5. The van der Waals surface area contributed by atoms with Gasteiger partial charge in [0.05, 0.1) is 27.5 Å². The molecule has 0 atom stereocenters. The number of rotatable bonds is 10. The topological polar surface area (TPSA) is 67.6 Å². The average molecular weight is 553 g/mol. The van der Waals surface area contributed by atoms with Crippen LogP contribution < -0.4 is 9.64 Å². The maximum absolute atomic E-state index is 11.2. The van der Waals surface area contributed by atoms with Gasteiger partial charge < -0.3 is 14.7 Å². The number of aromatic carboxylic acids is 1. The van der Waals surface area contributed by atoms with E-state index in [-0.39, 0.29) is 11.5 Å². The summed E-state index contributed by atoms with van der Waals surface area (Å²) in [6, 6.07) is 18.5. The van der Waals surface area contributed by atoms with E-state index in [9.17, 15) is 4.79 Å². The molecule has 0 amide bonds. The van der Waals surface area contributed by atoms with Crippen LogP contribution in [0.4, 0.5) is 5.69 Å². The number of carboxylic acids is 1. The van der Waals surface area contributed by atoms with E-state index in [1.807, 2.05) is 36.5 Å². The van der Waals surface area contributed by atoms with Crippen molar-refractivity contribution >= 4 is 34.9 Å². The van der Waals surface area contributed by atoms with Gasteiger partial charge in [0.15, 0.2) is 0 Å². The van der Waals surface area contributed by atoms with E-state index in [1.54, 1.807) is 28.9 Å². The molecule has 1 N–H and O–H groups in total. The molecule has 0 saturated carbocycles. The van der Waals surface area contributed by atoms with Crippen LogP contribution in [0.25, 0.3) is 5.69 Å². The fourth-order valence-corrected chi connectivity index (χ4v) is 5.02. The van der Waals surface area contributed by atoms with Gasteiger partial charge in [-0.05, 0) is 78.9 Å². The Morgan fingerprint density at radius 3 is 2.34 bits per heavy atom. The van der Waals surface area contributed by atoms with E-state index < -0.39 is 5.97 Å². The zero-order chi connectivity index (χ0) is 27.4. The van der Waals surface area contributed by atoms with Gasteiger partial charge in [0.1, 0.15) is 18.0 Å². The Bertz CT molecular complexity index is 1410. The van der Waals surface area contributed by atoms with Gasteiger partial charge in [0.2, 0.25) is 0 Å². The number of anilines is 1. The molecule has 0 radical (unpaired) electrons. The van der Waals surface area contributed by atoms with Gasteiger partial charge >= 0.3 is 5.97 Å². The number of carboxylic acid groups (broad SMARTS) is 1. The lowest BCUT2D eigenvalue weighted by Gasteiger charge is -2.25. The van der Waals surface area contributed by atoms with Crippen molar-refractivity contribution in [3.05, 3.63) is 105 Å². The quantitative estimate of drug-likeness (QED) is 0.217. The molecule has 0 spiro atoms. The highest BCUT2D eigenvalue weighted by Crippen LogP contribution is 2.32. The predicted molar refractivity (Wildman–Crippen MR) is 153 cm³/mol. The zero-order valence-corrected chi connectivity index (χ0v) is 23.4. The Hall–Kier alpha value is -3.48. The number of hydrogen-bond acceptors (Lipinski definition) is 4. The van der Waals surface area contributed by atoms with Gasteiger partial charge in [-0.3, -0.25) is 0 Å². The minimum atomic E-state index is -0.922. The van der Waals surface area contributed by atoms with E-state index >= 15 is 0 Å². The summed E-state index contributed by atoms with van der Waals surface area (Å²) in [5, 5.41) is 14.8. The number of ether oxygens (including phenoxy) is 1. The molecule has 4 rings (SSSR count). The second kappa shape index (κ2) is 11.9. The van der Waals surface area contributed by atoms with Crippen LogP contribution in [0.1, 0.15) is 59.4 Å². The molecule has 38 heavy (non-hydrogen) atoms. The summed E-state index contributed by atoms with van der Waals surface area (Å²) in [6.45, 7) is 10.2. The maximum atomic E-state index is 11.2. The minimum absolute atomic E-state index is 0.246. The molecule has 0 aliphatic rings. The van der Waals surface area contributed by atoms with Crippen LogP contribution in [-0.4, -0.2) is 27.4 Å². The number of halogens is 2. The Morgan fingerprint density at radius 2 is 1.76 bits per heavy atom. The van der Waals surface area contributed by atoms with E-state index in [1.165, 1.54) is 0 Å². The molecule has 198 valence electrons. The van der Waals surface area contributed by atoms with Crippen molar-refractivity contribution in [1.29, 1.82) is 0 Å². The van der Waals surface area contributed by atoms with E-state index in [0.29, 0.717) is 28.9 Å². The van der Waals surface area contributed by atoms with Crippen LogP contribution in [0.5, 0.6) is 5.75 Å². The number of nitrogens with zero attached hydrogens (tertiary/aromatic N) is 3. The van der Waals surface area contributed by atoms with Gasteiger partial charge in [-0.15, -0.1) is 0 Å². The standard InChI is InChI=1S/C30H31Cl2N3O3/c1-5-34(17-21-9-11-22(12-10-21)30(36)37)27-14-13-23(15-20(27)4)38-18-28-24(19(2)3)16-33-35(28)29-25(31)7-6-8-26(29)32/h6-16,19H,5,17-18H2,1-4H3,(H,36,37). The molecule has 8 heteroatoms. The molecule has 0 fully saturated rings.